The van der Waals surface area contributed by atoms with Crippen LogP contribution in [0.4, 0.5) is 0 Å². The summed E-state index contributed by atoms with van der Waals surface area (Å²) in [6.07, 6.45) is 0. The van der Waals surface area contributed by atoms with E-state index in [2.05, 4.69) is 5.32 Å². The van der Waals surface area contributed by atoms with Crippen molar-refractivity contribution in [1.82, 2.24) is 5.32 Å². The lowest BCUT2D eigenvalue weighted by molar-refractivity contribution is 0.0947. The van der Waals surface area contributed by atoms with E-state index in [1.54, 1.807) is 43.3 Å². The molecule has 0 aliphatic rings. The van der Waals surface area contributed by atoms with Gasteiger partial charge in [0.25, 0.3) is 5.91 Å². The van der Waals surface area contributed by atoms with E-state index >= 15 is 0 Å². The molecule has 2 rings (SSSR count). The van der Waals surface area contributed by atoms with E-state index in [-0.39, 0.29) is 16.6 Å². The van der Waals surface area contributed by atoms with Gasteiger partial charge in [-0.15, -0.1) is 11.3 Å². The summed E-state index contributed by atoms with van der Waals surface area (Å²) in [5, 5.41) is 4.52. The Kier molecular flexibility index (Phi) is 4.80. The van der Waals surface area contributed by atoms with E-state index in [9.17, 15) is 13.2 Å². The van der Waals surface area contributed by atoms with Gasteiger partial charge in [0.05, 0.1) is 15.5 Å². The SMILES string of the molecule is Cc1ccc(S(=O)(=O)CC(C)NC(=O)c2cccs2)cc1. The molecule has 112 valence electrons. The molecule has 0 bridgehead atoms. The van der Waals surface area contributed by atoms with Crippen molar-refractivity contribution in [2.75, 3.05) is 5.75 Å². The number of carbonyl (C=O) groups excluding carboxylic acids is 1. The van der Waals surface area contributed by atoms with E-state index < -0.39 is 15.9 Å². The Morgan fingerprint density at radius 1 is 1.24 bits per heavy atom. The second-order valence-corrected chi connectivity index (χ2v) is 7.93. The molecule has 1 aromatic heterocycles. The zero-order valence-corrected chi connectivity index (χ0v) is 13.5. The van der Waals surface area contributed by atoms with Gasteiger partial charge < -0.3 is 5.32 Å². The molecule has 0 radical (unpaired) electrons. The maximum Gasteiger partial charge on any atom is 0.261 e. The highest BCUT2D eigenvalue weighted by Crippen LogP contribution is 2.14. The minimum absolute atomic E-state index is 0.118. The fraction of sp³-hybridized carbons (Fsp3) is 0.267. The fourth-order valence-electron chi connectivity index (χ4n) is 1.92. The van der Waals surface area contributed by atoms with Gasteiger partial charge in [-0.25, -0.2) is 8.42 Å². The molecule has 0 aliphatic heterocycles. The molecule has 1 unspecified atom stereocenters. The number of carbonyl (C=O) groups is 1. The Balaban J connectivity index is 2.03. The van der Waals surface area contributed by atoms with Crippen LogP contribution < -0.4 is 5.32 Å². The molecular weight excluding hydrogens is 306 g/mol. The van der Waals surface area contributed by atoms with Crippen LogP contribution in [0, 0.1) is 6.92 Å². The first-order valence-electron chi connectivity index (χ1n) is 6.52. The van der Waals surface area contributed by atoms with Crippen LogP contribution in [0.1, 0.15) is 22.2 Å². The van der Waals surface area contributed by atoms with Gasteiger partial charge in [0.15, 0.2) is 9.84 Å². The van der Waals surface area contributed by atoms with Crippen LogP contribution in [0.25, 0.3) is 0 Å². The molecule has 0 aliphatic carbocycles. The van der Waals surface area contributed by atoms with Gasteiger partial charge in [0.1, 0.15) is 0 Å². The number of aryl methyl sites for hydroxylation is 1. The summed E-state index contributed by atoms with van der Waals surface area (Å²) in [5.41, 5.74) is 1.01. The van der Waals surface area contributed by atoms with Crippen molar-refractivity contribution in [3.63, 3.8) is 0 Å². The molecule has 1 aromatic carbocycles. The minimum Gasteiger partial charge on any atom is -0.348 e. The van der Waals surface area contributed by atoms with Crippen molar-refractivity contribution in [3.05, 3.63) is 52.2 Å². The smallest absolute Gasteiger partial charge is 0.261 e. The second kappa shape index (κ2) is 6.41. The monoisotopic (exact) mass is 323 g/mol. The first-order valence-corrected chi connectivity index (χ1v) is 9.05. The maximum absolute atomic E-state index is 12.3. The highest BCUT2D eigenvalue weighted by molar-refractivity contribution is 7.91. The predicted octanol–water partition coefficient (Wildman–Crippen LogP) is 2.65. The zero-order valence-electron chi connectivity index (χ0n) is 11.9. The molecule has 21 heavy (non-hydrogen) atoms. The molecule has 0 fully saturated rings. The van der Waals surface area contributed by atoms with E-state index in [0.29, 0.717) is 4.88 Å². The summed E-state index contributed by atoms with van der Waals surface area (Å²) >= 11 is 1.33. The minimum atomic E-state index is -3.40. The van der Waals surface area contributed by atoms with Crippen molar-refractivity contribution in [1.29, 1.82) is 0 Å². The van der Waals surface area contributed by atoms with Gasteiger partial charge in [0, 0.05) is 6.04 Å². The molecule has 1 atom stereocenters. The number of thiophene rings is 1. The molecule has 4 nitrogen and oxygen atoms in total. The van der Waals surface area contributed by atoms with Crippen LogP contribution in [0.3, 0.4) is 0 Å². The van der Waals surface area contributed by atoms with Crippen molar-refractivity contribution < 1.29 is 13.2 Å². The summed E-state index contributed by atoms with van der Waals surface area (Å²) < 4.78 is 24.5. The van der Waals surface area contributed by atoms with E-state index in [0.717, 1.165) is 5.56 Å². The fourth-order valence-corrected chi connectivity index (χ4v) is 4.03. The van der Waals surface area contributed by atoms with Gasteiger partial charge >= 0.3 is 0 Å². The quantitative estimate of drug-likeness (QED) is 0.920. The van der Waals surface area contributed by atoms with Crippen LogP contribution in [-0.2, 0) is 9.84 Å². The summed E-state index contributed by atoms with van der Waals surface area (Å²) in [5.74, 6) is -0.357. The average molecular weight is 323 g/mol. The van der Waals surface area contributed by atoms with E-state index in [4.69, 9.17) is 0 Å². The molecule has 0 saturated heterocycles. The lowest BCUT2D eigenvalue weighted by atomic mass is 10.2. The number of rotatable bonds is 5. The number of nitrogens with one attached hydrogen (secondary N) is 1. The maximum atomic E-state index is 12.3. The summed E-state index contributed by atoms with van der Waals surface area (Å²) in [6, 6.07) is 9.76. The topological polar surface area (TPSA) is 63.2 Å². The van der Waals surface area contributed by atoms with Gasteiger partial charge in [0.2, 0.25) is 0 Å². The number of sulfone groups is 1. The largest absolute Gasteiger partial charge is 0.348 e. The average Bonchev–Trinajstić information content (AvgIpc) is 2.92. The third-order valence-corrected chi connectivity index (χ3v) is 5.77. The standard InChI is InChI=1S/C15H17NO3S2/c1-11-5-7-13(8-6-11)21(18,19)10-12(2)16-15(17)14-4-3-9-20-14/h3-9,12H,10H2,1-2H3,(H,16,17). The molecular formula is C15H17NO3S2. The van der Waals surface area contributed by atoms with Gasteiger partial charge in [-0.3, -0.25) is 4.79 Å². The summed E-state index contributed by atoms with van der Waals surface area (Å²) in [4.78, 5) is 12.7. The number of benzene rings is 1. The molecule has 1 heterocycles. The Labute approximate surface area is 128 Å². The van der Waals surface area contributed by atoms with Crippen LogP contribution in [0.15, 0.2) is 46.7 Å². The Morgan fingerprint density at radius 3 is 2.48 bits per heavy atom. The van der Waals surface area contributed by atoms with Gasteiger partial charge in [-0.05, 0) is 37.4 Å². The van der Waals surface area contributed by atoms with Gasteiger partial charge in [-0.2, -0.15) is 0 Å². The third kappa shape index (κ3) is 4.15. The summed E-state index contributed by atoms with van der Waals surface area (Å²) in [6.45, 7) is 3.59. The van der Waals surface area contributed by atoms with Crippen LogP contribution in [0.2, 0.25) is 0 Å². The number of hydrogen-bond donors (Lipinski definition) is 1. The Bertz CT molecular complexity index is 704. The van der Waals surface area contributed by atoms with Crippen molar-refractivity contribution in [2.24, 2.45) is 0 Å². The second-order valence-electron chi connectivity index (χ2n) is 4.95. The van der Waals surface area contributed by atoms with Crippen molar-refractivity contribution in [3.8, 4) is 0 Å². The first kappa shape index (κ1) is 15.7. The molecule has 1 amide bonds. The lowest BCUT2D eigenvalue weighted by Gasteiger charge is -2.13. The normalized spacial score (nSPS) is 12.9. The predicted molar refractivity (Wildman–Crippen MR) is 84.5 cm³/mol. The van der Waals surface area contributed by atoms with Crippen LogP contribution >= 0.6 is 11.3 Å². The van der Waals surface area contributed by atoms with Crippen molar-refractivity contribution in [2.45, 2.75) is 24.8 Å². The molecule has 0 spiro atoms. The van der Waals surface area contributed by atoms with Gasteiger partial charge in [-0.1, -0.05) is 23.8 Å². The number of amides is 1. The van der Waals surface area contributed by atoms with E-state index in [1.165, 1.54) is 11.3 Å². The molecule has 2 aromatic rings. The first-order chi connectivity index (χ1) is 9.88. The lowest BCUT2D eigenvalue weighted by Crippen LogP contribution is -2.37. The third-order valence-electron chi connectivity index (χ3n) is 2.97. The Morgan fingerprint density at radius 2 is 1.90 bits per heavy atom. The molecule has 1 N–H and O–H groups in total. The Hall–Kier alpha value is -1.66. The van der Waals surface area contributed by atoms with Crippen LogP contribution in [-0.4, -0.2) is 26.1 Å². The molecule has 6 heteroatoms. The highest BCUT2D eigenvalue weighted by atomic mass is 32.2. The van der Waals surface area contributed by atoms with Crippen molar-refractivity contribution >= 4 is 27.1 Å². The zero-order chi connectivity index (χ0) is 15.5. The van der Waals surface area contributed by atoms with E-state index in [1.807, 2.05) is 12.3 Å². The van der Waals surface area contributed by atoms with Crippen LogP contribution in [0.5, 0.6) is 0 Å². The summed E-state index contributed by atoms with van der Waals surface area (Å²) in [7, 11) is -3.40. The highest BCUT2D eigenvalue weighted by Gasteiger charge is 2.20. The molecule has 0 saturated carbocycles. The number of hydrogen-bond acceptors (Lipinski definition) is 4.